The highest BCUT2D eigenvalue weighted by Crippen LogP contribution is 2.23. The van der Waals surface area contributed by atoms with E-state index in [-0.39, 0.29) is 11.8 Å². The number of benzene rings is 2. The van der Waals surface area contributed by atoms with E-state index in [1.807, 2.05) is 54.6 Å². The molecule has 22 heavy (non-hydrogen) atoms. The number of carbonyl (C=O) groups is 1. The molecule has 0 heterocycles. The summed E-state index contributed by atoms with van der Waals surface area (Å²) >= 11 is 5.94. The molecular weight excluding hydrogens is 298 g/mol. The van der Waals surface area contributed by atoms with Crippen LogP contribution in [-0.2, 0) is 16.0 Å². The molecule has 0 bridgehead atoms. The minimum absolute atomic E-state index is 0.00299. The van der Waals surface area contributed by atoms with Gasteiger partial charge < -0.3 is 10.1 Å². The van der Waals surface area contributed by atoms with Gasteiger partial charge in [0.1, 0.15) is 0 Å². The van der Waals surface area contributed by atoms with E-state index in [1.54, 1.807) is 7.11 Å². The predicted octanol–water partition coefficient (Wildman–Crippen LogP) is 3.43. The van der Waals surface area contributed by atoms with Crippen molar-refractivity contribution in [3.8, 4) is 0 Å². The van der Waals surface area contributed by atoms with Crippen LogP contribution < -0.4 is 5.32 Å². The molecule has 1 N–H and O–H groups in total. The summed E-state index contributed by atoms with van der Waals surface area (Å²) in [6.07, 6.45) is 0.654. The zero-order valence-corrected chi connectivity index (χ0v) is 13.3. The van der Waals surface area contributed by atoms with Gasteiger partial charge >= 0.3 is 0 Å². The monoisotopic (exact) mass is 317 g/mol. The van der Waals surface area contributed by atoms with E-state index in [9.17, 15) is 4.79 Å². The highest BCUT2D eigenvalue weighted by atomic mass is 35.5. The van der Waals surface area contributed by atoms with Crippen LogP contribution in [0.5, 0.6) is 0 Å². The molecule has 0 saturated heterocycles. The van der Waals surface area contributed by atoms with Gasteiger partial charge in [-0.15, -0.1) is 0 Å². The van der Waals surface area contributed by atoms with Crippen molar-refractivity contribution >= 4 is 17.5 Å². The molecule has 4 heteroatoms. The van der Waals surface area contributed by atoms with Gasteiger partial charge in [-0.1, -0.05) is 54.1 Å². The first-order chi connectivity index (χ1) is 10.7. The van der Waals surface area contributed by atoms with Crippen LogP contribution in [0.25, 0.3) is 0 Å². The zero-order valence-electron chi connectivity index (χ0n) is 12.6. The molecule has 3 nitrogen and oxygen atoms in total. The second kappa shape index (κ2) is 8.57. The molecule has 0 saturated carbocycles. The highest BCUT2D eigenvalue weighted by molar-refractivity contribution is 6.30. The van der Waals surface area contributed by atoms with Crippen LogP contribution in [0.4, 0.5) is 0 Å². The molecule has 1 amide bonds. The standard InChI is InChI=1S/C18H20ClNO2/c1-22-12-11-20-18(21)17(13-14-5-3-2-4-6-14)15-7-9-16(19)10-8-15/h2-10,17H,11-13H2,1H3,(H,20,21). The van der Waals surface area contributed by atoms with Crippen molar-refractivity contribution in [1.29, 1.82) is 0 Å². The first-order valence-electron chi connectivity index (χ1n) is 7.26. The number of nitrogens with one attached hydrogen (secondary N) is 1. The maximum atomic E-state index is 12.5. The molecule has 0 aliphatic rings. The lowest BCUT2D eigenvalue weighted by atomic mass is 9.91. The number of carbonyl (C=O) groups excluding carboxylic acids is 1. The van der Waals surface area contributed by atoms with Crippen molar-refractivity contribution < 1.29 is 9.53 Å². The Balaban J connectivity index is 2.16. The summed E-state index contributed by atoms with van der Waals surface area (Å²) in [6.45, 7) is 1.01. The van der Waals surface area contributed by atoms with Crippen molar-refractivity contribution in [2.24, 2.45) is 0 Å². The fourth-order valence-corrected chi connectivity index (χ4v) is 2.43. The second-order valence-corrected chi connectivity index (χ2v) is 5.51. The maximum Gasteiger partial charge on any atom is 0.227 e. The zero-order chi connectivity index (χ0) is 15.8. The summed E-state index contributed by atoms with van der Waals surface area (Å²) in [7, 11) is 1.62. The number of hydrogen-bond donors (Lipinski definition) is 1. The first-order valence-corrected chi connectivity index (χ1v) is 7.64. The third-order valence-electron chi connectivity index (χ3n) is 3.48. The van der Waals surface area contributed by atoms with Gasteiger partial charge in [0.2, 0.25) is 5.91 Å². The average Bonchev–Trinajstić information content (AvgIpc) is 2.55. The Kier molecular flexibility index (Phi) is 6.44. The number of methoxy groups -OCH3 is 1. The third kappa shape index (κ3) is 4.86. The molecule has 2 aromatic rings. The van der Waals surface area contributed by atoms with E-state index in [0.29, 0.717) is 24.6 Å². The van der Waals surface area contributed by atoms with Crippen molar-refractivity contribution in [3.05, 3.63) is 70.7 Å². The summed E-state index contributed by atoms with van der Waals surface area (Å²) < 4.78 is 4.98. The lowest BCUT2D eigenvalue weighted by Gasteiger charge is -2.17. The summed E-state index contributed by atoms with van der Waals surface area (Å²) in [6, 6.07) is 17.5. The molecule has 0 aliphatic heterocycles. The van der Waals surface area contributed by atoms with Crippen molar-refractivity contribution in [2.75, 3.05) is 20.3 Å². The van der Waals surface area contributed by atoms with Crippen LogP contribution in [0.3, 0.4) is 0 Å². The SMILES string of the molecule is COCCNC(=O)C(Cc1ccccc1)c1ccc(Cl)cc1. The maximum absolute atomic E-state index is 12.5. The number of amides is 1. The molecule has 2 rings (SSSR count). The largest absolute Gasteiger partial charge is 0.383 e. The van der Waals surface area contributed by atoms with E-state index in [2.05, 4.69) is 5.32 Å². The predicted molar refractivity (Wildman–Crippen MR) is 89.2 cm³/mol. The first kappa shape index (κ1) is 16.5. The second-order valence-electron chi connectivity index (χ2n) is 5.08. The fourth-order valence-electron chi connectivity index (χ4n) is 2.31. The van der Waals surface area contributed by atoms with E-state index >= 15 is 0 Å². The van der Waals surface area contributed by atoms with Crippen LogP contribution in [0.1, 0.15) is 17.0 Å². The smallest absolute Gasteiger partial charge is 0.227 e. The summed E-state index contributed by atoms with van der Waals surface area (Å²) in [5.74, 6) is -0.236. The van der Waals surface area contributed by atoms with Crippen LogP contribution in [0.2, 0.25) is 5.02 Å². The van der Waals surface area contributed by atoms with Crippen molar-refractivity contribution in [3.63, 3.8) is 0 Å². The molecular formula is C18H20ClNO2. The number of ether oxygens (including phenoxy) is 1. The quantitative estimate of drug-likeness (QED) is 0.795. The Morgan fingerprint density at radius 3 is 2.45 bits per heavy atom. The third-order valence-corrected chi connectivity index (χ3v) is 3.73. The molecule has 1 unspecified atom stereocenters. The highest BCUT2D eigenvalue weighted by Gasteiger charge is 2.20. The number of rotatable bonds is 7. The van der Waals surface area contributed by atoms with Gasteiger partial charge in [-0.2, -0.15) is 0 Å². The van der Waals surface area contributed by atoms with Gasteiger partial charge in [-0.05, 0) is 29.7 Å². The van der Waals surface area contributed by atoms with E-state index in [4.69, 9.17) is 16.3 Å². The molecule has 0 aromatic heterocycles. The minimum Gasteiger partial charge on any atom is -0.383 e. The number of hydrogen-bond acceptors (Lipinski definition) is 2. The molecule has 0 radical (unpaired) electrons. The molecule has 0 aliphatic carbocycles. The van der Waals surface area contributed by atoms with Gasteiger partial charge in [0.25, 0.3) is 0 Å². The van der Waals surface area contributed by atoms with Crippen LogP contribution in [-0.4, -0.2) is 26.2 Å². The summed E-state index contributed by atoms with van der Waals surface area (Å²) in [5.41, 5.74) is 2.09. The van der Waals surface area contributed by atoms with Gasteiger partial charge in [0, 0.05) is 18.7 Å². The fraction of sp³-hybridized carbons (Fsp3) is 0.278. The minimum atomic E-state index is -0.239. The van der Waals surface area contributed by atoms with Crippen LogP contribution in [0, 0.1) is 0 Å². The van der Waals surface area contributed by atoms with Gasteiger partial charge in [0.15, 0.2) is 0 Å². The van der Waals surface area contributed by atoms with E-state index in [1.165, 1.54) is 0 Å². The Bertz CT molecular complexity index is 584. The van der Waals surface area contributed by atoms with Gasteiger partial charge in [0.05, 0.1) is 12.5 Å². The average molecular weight is 318 g/mol. The molecule has 2 aromatic carbocycles. The number of halogens is 1. The molecule has 0 spiro atoms. The van der Waals surface area contributed by atoms with Crippen molar-refractivity contribution in [2.45, 2.75) is 12.3 Å². The van der Waals surface area contributed by atoms with Gasteiger partial charge in [-0.25, -0.2) is 0 Å². The van der Waals surface area contributed by atoms with Gasteiger partial charge in [-0.3, -0.25) is 4.79 Å². The van der Waals surface area contributed by atoms with Crippen LogP contribution >= 0.6 is 11.6 Å². The van der Waals surface area contributed by atoms with Crippen LogP contribution in [0.15, 0.2) is 54.6 Å². The normalized spacial score (nSPS) is 11.9. The summed E-state index contributed by atoms with van der Waals surface area (Å²) in [5, 5.41) is 3.59. The van der Waals surface area contributed by atoms with E-state index < -0.39 is 0 Å². The Labute approximate surface area is 136 Å². The lowest BCUT2D eigenvalue weighted by molar-refractivity contribution is -0.122. The summed E-state index contributed by atoms with van der Waals surface area (Å²) in [4.78, 5) is 12.5. The Morgan fingerprint density at radius 1 is 1.14 bits per heavy atom. The lowest BCUT2D eigenvalue weighted by Crippen LogP contribution is -2.32. The Morgan fingerprint density at radius 2 is 1.82 bits per heavy atom. The Hall–Kier alpha value is -1.84. The topological polar surface area (TPSA) is 38.3 Å². The van der Waals surface area contributed by atoms with Crippen molar-refractivity contribution in [1.82, 2.24) is 5.32 Å². The molecule has 116 valence electrons. The molecule has 0 fully saturated rings. The molecule has 1 atom stereocenters. The van der Waals surface area contributed by atoms with E-state index in [0.717, 1.165) is 11.1 Å².